The lowest BCUT2D eigenvalue weighted by atomic mass is 10.0. The predicted octanol–water partition coefficient (Wildman–Crippen LogP) is 3.46. The minimum absolute atomic E-state index is 0.215. The van der Waals surface area contributed by atoms with Gasteiger partial charge in [0.25, 0.3) is 0 Å². The molecule has 0 spiro atoms. The lowest BCUT2D eigenvalue weighted by Crippen LogP contribution is -2.40. The first-order valence-electron chi connectivity index (χ1n) is 9.82. The number of sulfone groups is 1. The Kier molecular flexibility index (Phi) is 6.73. The van der Waals surface area contributed by atoms with Crippen molar-refractivity contribution in [3.8, 4) is 0 Å². The summed E-state index contributed by atoms with van der Waals surface area (Å²) in [5, 5.41) is 6.65. The summed E-state index contributed by atoms with van der Waals surface area (Å²) in [5.41, 5.74) is 9.01. The normalized spacial score (nSPS) is 16.6. The molecule has 4 N–H and O–H groups in total. The number of benzene rings is 2. The highest BCUT2D eigenvalue weighted by Crippen LogP contribution is 2.29. The van der Waals surface area contributed by atoms with Gasteiger partial charge in [-0.1, -0.05) is 35.9 Å². The number of nitrogens with zero attached hydrogens (tertiary/aromatic N) is 1. The fourth-order valence-corrected chi connectivity index (χ4v) is 4.46. The van der Waals surface area contributed by atoms with Crippen molar-refractivity contribution >= 4 is 27.4 Å². The van der Waals surface area contributed by atoms with Crippen LogP contribution in [0, 0.1) is 6.92 Å². The topological polar surface area (TPSA) is 96.6 Å². The van der Waals surface area contributed by atoms with Crippen LogP contribution in [-0.4, -0.2) is 26.2 Å². The van der Waals surface area contributed by atoms with E-state index in [1.165, 1.54) is 0 Å². The monoisotopic (exact) mass is 446 g/mol. The molecule has 1 heterocycles. The van der Waals surface area contributed by atoms with E-state index in [9.17, 15) is 8.42 Å². The van der Waals surface area contributed by atoms with Crippen molar-refractivity contribution in [2.24, 2.45) is 10.7 Å². The third-order valence-corrected chi connectivity index (χ3v) is 7.68. The molecule has 0 amide bonds. The third kappa shape index (κ3) is 4.96. The van der Waals surface area contributed by atoms with Gasteiger partial charge in [-0.05, 0) is 68.2 Å². The summed E-state index contributed by atoms with van der Waals surface area (Å²) in [7, 11) is -3.25. The van der Waals surface area contributed by atoms with Gasteiger partial charge in [-0.2, -0.15) is 0 Å². The summed E-state index contributed by atoms with van der Waals surface area (Å²) in [6.45, 7) is 6.00. The Morgan fingerprint density at radius 3 is 2.57 bits per heavy atom. The molecule has 0 saturated carbocycles. The predicted molar refractivity (Wildman–Crippen MR) is 122 cm³/mol. The van der Waals surface area contributed by atoms with Crippen LogP contribution in [0.3, 0.4) is 0 Å². The van der Waals surface area contributed by atoms with Gasteiger partial charge >= 0.3 is 0 Å². The molecule has 3 rings (SSSR count). The number of guanidine groups is 1. The summed E-state index contributed by atoms with van der Waals surface area (Å²) in [4.78, 5) is 4.83. The zero-order valence-electron chi connectivity index (χ0n) is 17.3. The number of aliphatic imine (C=N–C) groups is 1. The number of rotatable bonds is 7. The minimum atomic E-state index is -3.25. The fourth-order valence-electron chi connectivity index (χ4n) is 3.22. The number of halogens is 1. The average Bonchev–Trinajstić information content (AvgIpc) is 2.70. The molecule has 1 aliphatic heterocycles. The van der Waals surface area contributed by atoms with Gasteiger partial charge in [0.15, 0.2) is 15.8 Å². The van der Waals surface area contributed by atoms with E-state index in [1.54, 1.807) is 26.0 Å². The molecule has 0 aliphatic carbocycles. The van der Waals surface area contributed by atoms with E-state index in [4.69, 9.17) is 17.3 Å². The summed E-state index contributed by atoms with van der Waals surface area (Å²) in [5.74, 6) is 1.12. The van der Waals surface area contributed by atoms with Crippen molar-refractivity contribution in [2.75, 3.05) is 6.54 Å². The Balaban J connectivity index is 1.64. The molecule has 0 radical (unpaired) electrons. The van der Waals surface area contributed by atoms with Crippen LogP contribution in [0.25, 0.3) is 0 Å². The molecular weight excluding hydrogens is 420 g/mol. The molecular formula is C22H27ClN4O2S. The molecule has 0 bridgehead atoms. The van der Waals surface area contributed by atoms with Crippen LogP contribution >= 0.6 is 11.6 Å². The summed E-state index contributed by atoms with van der Waals surface area (Å²) < 4.78 is 24.5. The van der Waals surface area contributed by atoms with Gasteiger partial charge in [-0.25, -0.2) is 13.4 Å². The van der Waals surface area contributed by atoms with E-state index < -0.39 is 15.1 Å². The van der Waals surface area contributed by atoms with Crippen molar-refractivity contribution in [2.45, 2.75) is 43.4 Å². The van der Waals surface area contributed by atoms with Crippen molar-refractivity contribution in [1.29, 1.82) is 0 Å². The quantitative estimate of drug-likeness (QED) is 0.605. The second-order valence-corrected chi connectivity index (χ2v) is 10.4. The maximum Gasteiger partial charge on any atom is 0.195 e. The van der Waals surface area contributed by atoms with Crippen molar-refractivity contribution in [1.82, 2.24) is 10.6 Å². The first-order chi connectivity index (χ1) is 14.2. The van der Waals surface area contributed by atoms with Crippen LogP contribution in [0.2, 0.25) is 5.02 Å². The Hall–Kier alpha value is -2.51. The van der Waals surface area contributed by atoms with Gasteiger partial charge in [0.05, 0.1) is 10.1 Å². The molecule has 0 fully saturated rings. The van der Waals surface area contributed by atoms with E-state index in [0.717, 1.165) is 28.9 Å². The first kappa shape index (κ1) is 22.2. The van der Waals surface area contributed by atoms with Gasteiger partial charge in [-0.15, -0.1) is 0 Å². The van der Waals surface area contributed by atoms with E-state index >= 15 is 0 Å². The lowest BCUT2D eigenvalue weighted by molar-refractivity contribution is 0.587. The molecule has 8 heteroatoms. The van der Waals surface area contributed by atoms with Crippen molar-refractivity contribution in [3.05, 3.63) is 76.1 Å². The van der Waals surface area contributed by atoms with Crippen LogP contribution in [0.4, 0.5) is 0 Å². The molecule has 0 aromatic heterocycles. The molecule has 160 valence electrons. The van der Waals surface area contributed by atoms with Crippen molar-refractivity contribution < 1.29 is 8.42 Å². The number of hydrogen-bond acceptors (Lipinski definition) is 6. The van der Waals surface area contributed by atoms with Crippen LogP contribution in [0.1, 0.15) is 36.6 Å². The standard InChI is InChI=1S/C22H27ClN4O2S/c1-14(2)30(28,29)17-9-7-16(8-10-17)11-12-25-21-13-20(26-22(24)27-21)18-5-4-6-19(23)15(18)3/h4-10,13-14,20,25H,11-12H2,1-3H3,(H3,24,26,27). The van der Waals surface area contributed by atoms with E-state index in [-0.39, 0.29) is 6.04 Å². The van der Waals surface area contributed by atoms with E-state index in [2.05, 4.69) is 15.6 Å². The fraction of sp³-hybridized carbons (Fsp3) is 0.318. The third-order valence-electron chi connectivity index (χ3n) is 5.10. The number of nitrogens with one attached hydrogen (secondary N) is 2. The van der Waals surface area contributed by atoms with Crippen LogP contribution in [-0.2, 0) is 16.3 Å². The van der Waals surface area contributed by atoms with Gasteiger partial charge in [-0.3, -0.25) is 0 Å². The second-order valence-electron chi connectivity index (χ2n) is 7.53. The Labute approximate surface area is 183 Å². The average molecular weight is 447 g/mol. The molecule has 6 nitrogen and oxygen atoms in total. The van der Waals surface area contributed by atoms with Crippen LogP contribution < -0.4 is 16.4 Å². The molecule has 2 aromatic carbocycles. The molecule has 1 atom stereocenters. The Morgan fingerprint density at radius 1 is 1.20 bits per heavy atom. The zero-order valence-corrected chi connectivity index (χ0v) is 18.9. The highest BCUT2D eigenvalue weighted by atomic mass is 35.5. The highest BCUT2D eigenvalue weighted by Gasteiger charge is 2.19. The maximum atomic E-state index is 12.2. The Morgan fingerprint density at radius 2 is 1.90 bits per heavy atom. The molecule has 2 aromatic rings. The molecule has 1 aliphatic rings. The summed E-state index contributed by atoms with van der Waals surface area (Å²) in [6, 6.07) is 12.6. The number of nitrogens with two attached hydrogens (primary N) is 1. The first-order valence-corrected chi connectivity index (χ1v) is 11.7. The Bertz CT molecular complexity index is 1080. The zero-order chi connectivity index (χ0) is 21.9. The molecule has 30 heavy (non-hydrogen) atoms. The maximum absolute atomic E-state index is 12.2. The lowest BCUT2D eigenvalue weighted by Gasteiger charge is -2.22. The molecule has 1 unspecified atom stereocenters. The second kappa shape index (κ2) is 9.10. The largest absolute Gasteiger partial charge is 0.371 e. The van der Waals surface area contributed by atoms with Gasteiger partial charge in [0.1, 0.15) is 11.9 Å². The van der Waals surface area contributed by atoms with Gasteiger partial charge < -0.3 is 16.4 Å². The SMILES string of the molecule is Cc1c(Cl)cccc1C1C=C(NCCc2ccc(S(=O)(=O)C(C)C)cc2)NC(N)=N1. The highest BCUT2D eigenvalue weighted by molar-refractivity contribution is 7.92. The van der Waals surface area contributed by atoms with Gasteiger partial charge in [0, 0.05) is 11.6 Å². The summed E-state index contributed by atoms with van der Waals surface area (Å²) >= 11 is 6.24. The molecule has 0 saturated heterocycles. The minimum Gasteiger partial charge on any atom is -0.371 e. The van der Waals surface area contributed by atoms with Crippen LogP contribution in [0.5, 0.6) is 0 Å². The van der Waals surface area contributed by atoms with Crippen molar-refractivity contribution in [3.63, 3.8) is 0 Å². The van der Waals surface area contributed by atoms with Crippen LogP contribution in [0.15, 0.2) is 64.2 Å². The summed E-state index contributed by atoms with van der Waals surface area (Å²) in [6.07, 6.45) is 2.71. The number of hydrogen-bond donors (Lipinski definition) is 3. The van der Waals surface area contributed by atoms with E-state index in [0.29, 0.717) is 22.4 Å². The van der Waals surface area contributed by atoms with E-state index in [1.807, 2.05) is 43.3 Å². The smallest absolute Gasteiger partial charge is 0.195 e. The van der Waals surface area contributed by atoms with Gasteiger partial charge in [0.2, 0.25) is 0 Å².